The van der Waals surface area contributed by atoms with Crippen LogP contribution in [0.5, 0.6) is 0 Å². The zero-order valence-corrected chi connectivity index (χ0v) is 10.1. The molecule has 92 valence electrons. The average Bonchev–Trinajstić information content (AvgIpc) is 2.32. The standard InChI is InChI=1S/C12H17N3O2/c1-9-8-13-4-6-15(9)12(17)10-3-5-14(2)11(16)7-10/h3,5,7,9,13H,4,6,8H2,1-2H3/t9-/m0/s1. The third-order valence-corrected chi connectivity index (χ3v) is 3.11. The molecule has 0 aromatic carbocycles. The lowest BCUT2D eigenvalue weighted by molar-refractivity contribution is 0.0655. The summed E-state index contributed by atoms with van der Waals surface area (Å²) in [6, 6.07) is 3.26. The summed E-state index contributed by atoms with van der Waals surface area (Å²) in [6.07, 6.45) is 1.63. The minimum atomic E-state index is -0.154. The number of hydrogen-bond acceptors (Lipinski definition) is 3. The van der Waals surface area contributed by atoms with Crippen LogP contribution in [-0.2, 0) is 7.05 Å². The van der Waals surface area contributed by atoms with E-state index in [9.17, 15) is 9.59 Å². The first kappa shape index (κ1) is 11.9. The van der Waals surface area contributed by atoms with Gasteiger partial charge in [0.15, 0.2) is 0 Å². The van der Waals surface area contributed by atoms with E-state index in [1.54, 1.807) is 19.3 Å². The number of carbonyl (C=O) groups is 1. The molecule has 1 aromatic heterocycles. The monoisotopic (exact) mass is 235 g/mol. The first-order valence-electron chi connectivity index (χ1n) is 5.78. The molecule has 2 rings (SSSR count). The molecule has 5 heteroatoms. The van der Waals surface area contributed by atoms with E-state index in [1.807, 2.05) is 11.8 Å². The van der Waals surface area contributed by atoms with Gasteiger partial charge in [0.1, 0.15) is 0 Å². The number of nitrogens with zero attached hydrogens (tertiary/aromatic N) is 2. The van der Waals surface area contributed by atoms with E-state index in [-0.39, 0.29) is 17.5 Å². The molecule has 1 atom stereocenters. The molecule has 1 aliphatic rings. The Bertz CT molecular complexity index is 481. The van der Waals surface area contributed by atoms with Crippen molar-refractivity contribution in [2.24, 2.45) is 7.05 Å². The van der Waals surface area contributed by atoms with Crippen LogP contribution in [-0.4, -0.2) is 41.1 Å². The van der Waals surface area contributed by atoms with Gasteiger partial charge in [0, 0.05) is 50.6 Å². The summed E-state index contributed by atoms with van der Waals surface area (Å²) in [7, 11) is 1.67. The summed E-state index contributed by atoms with van der Waals surface area (Å²) in [6.45, 7) is 4.30. The van der Waals surface area contributed by atoms with Gasteiger partial charge in [-0.25, -0.2) is 0 Å². The highest BCUT2D eigenvalue weighted by molar-refractivity contribution is 5.94. The van der Waals surface area contributed by atoms with Crippen LogP contribution in [0.4, 0.5) is 0 Å². The van der Waals surface area contributed by atoms with Gasteiger partial charge >= 0.3 is 0 Å². The highest BCUT2D eigenvalue weighted by atomic mass is 16.2. The van der Waals surface area contributed by atoms with Crippen molar-refractivity contribution in [1.82, 2.24) is 14.8 Å². The second-order valence-electron chi connectivity index (χ2n) is 4.42. The van der Waals surface area contributed by atoms with Gasteiger partial charge in [-0.15, -0.1) is 0 Å². The van der Waals surface area contributed by atoms with E-state index in [0.717, 1.165) is 13.1 Å². The summed E-state index contributed by atoms with van der Waals surface area (Å²) in [5.41, 5.74) is 0.320. The molecule has 0 spiro atoms. The van der Waals surface area contributed by atoms with Gasteiger partial charge in [-0.05, 0) is 13.0 Å². The zero-order valence-electron chi connectivity index (χ0n) is 10.1. The number of nitrogens with one attached hydrogen (secondary N) is 1. The summed E-state index contributed by atoms with van der Waals surface area (Å²) in [5, 5.41) is 3.23. The Kier molecular flexibility index (Phi) is 3.28. The zero-order chi connectivity index (χ0) is 12.4. The van der Waals surface area contributed by atoms with E-state index >= 15 is 0 Å². The number of aryl methyl sites for hydroxylation is 1. The van der Waals surface area contributed by atoms with Gasteiger partial charge in [-0.2, -0.15) is 0 Å². The van der Waals surface area contributed by atoms with Crippen molar-refractivity contribution >= 4 is 5.91 Å². The number of piperazine rings is 1. The van der Waals surface area contributed by atoms with Crippen molar-refractivity contribution in [3.8, 4) is 0 Å². The van der Waals surface area contributed by atoms with Gasteiger partial charge < -0.3 is 14.8 Å². The van der Waals surface area contributed by atoms with Crippen LogP contribution in [0.2, 0.25) is 0 Å². The topological polar surface area (TPSA) is 54.3 Å². The SMILES string of the molecule is C[C@H]1CNCCN1C(=O)c1ccn(C)c(=O)c1. The number of rotatable bonds is 1. The van der Waals surface area contributed by atoms with Crippen LogP contribution >= 0.6 is 0 Å². The van der Waals surface area contributed by atoms with E-state index in [2.05, 4.69) is 5.32 Å². The van der Waals surface area contributed by atoms with Crippen molar-refractivity contribution in [3.05, 3.63) is 34.2 Å². The molecule has 0 bridgehead atoms. The molecule has 0 aliphatic carbocycles. The van der Waals surface area contributed by atoms with Crippen LogP contribution in [0.1, 0.15) is 17.3 Å². The highest BCUT2D eigenvalue weighted by Gasteiger charge is 2.24. The van der Waals surface area contributed by atoms with E-state index in [0.29, 0.717) is 12.1 Å². The van der Waals surface area contributed by atoms with Gasteiger partial charge in [0.2, 0.25) is 0 Å². The Morgan fingerprint density at radius 2 is 2.29 bits per heavy atom. The lowest BCUT2D eigenvalue weighted by Crippen LogP contribution is -2.52. The molecule has 1 aliphatic heterocycles. The molecular weight excluding hydrogens is 218 g/mol. The summed E-state index contributed by atoms with van der Waals surface area (Å²) < 4.78 is 1.46. The van der Waals surface area contributed by atoms with Gasteiger partial charge in [0.25, 0.3) is 11.5 Å². The van der Waals surface area contributed by atoms with Crippen molar-refractivity contribution in [1.29, 1.82) is 0 Å². The fourth-order valence-electron chi connectivity index (χ4n) is 1.99. The fourth-order valence-corrected chi connectivity index (χ4v) is 1.99. The second-order valence-corrected chi connectivity index (χ2v) is 4.42. The molecule has 17 heavy (non-hydrogen) atoms. The highest BCUT2D eigenvalue weighted by Crippen LogP contribution is 2.08. The predicted molar refractivity (Wildman–Crippen MR) is 65.1 cm³/mol. The normalized spacial score (nSPS) is 20.4. The van der Waals surface area contributed by atoms with Gasteiger partial charge in [-0.1, -0.05) is 0 Å². The Labute approximate surface area is 100 Å². The first-order chi connectivity index (χ1) is 8.09. The predicted octanol–water partition coefficient (Wildman–Crippen LogP) is -0.181. The lowest BCUT2D eigenvalue weighted by Gasteiger charge is -2.34. The first-order valence-corrected chi connectivity index (χ1v) is 5.78. The fraction of sp³-hybridized carbons (Fsp3) is 0.500. The minimum absolute atomic E-state index is 0.0586. The molecule has 0 saturated carbocycles. The molecule has 2 heterocycles. The molecule has 1 N–H and O–H groups in total. The van der Waals surface area contributed by atoms with Crippen LogP contribution in [0.3, 0.4) is 0 Å². The third kappa shape index (κ3) is 2.39. The maximum atomic E-state index is 12.2. The Balaban J connectivity index is 2.24. The number of hydrogen-bond donors (Lipinski definition) is 1. The Morgan fingerprint density at radius 3 is 2.94 bits per heavy atom. The maximum absolute atomic E-state index is 12.2. The van der Waals surface area contributed by atoms with Crippen molar-refractivity contribution in [2.45, 2.75) is 13.0 Å². The van der Waals surface area contributed by atoms with Crippen molar-refractivity contribution in [3.63, 3.8) is 0 Å². The summed E-state index contributed by atoms with van der Waals surface area (Å²) >= 11 is 0. The molecule has 1 amide bonds. The molecule has 1 fully saturated rings. The number of aromatic nitrogens is 1. The summed E-state index contributed by atoms with van der Waals surface area (Å²) in [4.78, 5) is 25.5. The second kappa shape index (κ2) is 4.71. The van der Waals surface area contributed by atoms with E-state index in [1.165, 1.54) is 10.6 Å². The third-order valence-electron chi connectivity index (χ3n) is 3.11. The molecular formula is C12H17N3O2. The van der Waals surface area contributed by atoms with Crippen LogP contribution in [0.25, 0.3) is 0 Å². The summed E-state index contributed by atoms with van der Waals surface area (Å²) in [5.74, 6) is -0.0586. The Hall–Kier alpha value is -1.62. The maximum Gasteiger partial charge on any atom is 0.254 e. The Morgan fingerprint density at radius 1 is 1.53 bits per heavy atom. The van der Waals surface area contributed by atoms with Gasteiger partial charge in [-0.3, -0.25) is 9.59 Å². The molecule has 1 saturated heterocycles. The van der Waals surface area contributed by atoms with E-state index in [4.69, 9.17) is 0 Å². The number of amides is 1. The quantitative estimate of drug-likeness (QED) is 0.734. The van der Waals surface area contributed by atoms with Crippen molar-refractivity contribution < 1.29 is 4.79 Å². The average molecular weight is 235 g/mol. The number of carbonyl (C=O) groups excluding carboxylic acids is 1. The van der Waals surface area contributed by atoms with Gasteiger partial charge in [0.05, 0.1) is 0 Å². The smallest absolute Gasteiger partial charge is 0.254 e. The lowest BCUT2D eigenvalue weighted by atomic mass is 10.1. The van der Waals surface area contributed by atoms with E-state index < -0.39 is 0 Å². The molecule has 0 unspecified atom stereocenters. The molecule has 5 nitrogen and oxygen atoms in total. The van der Waals surface area contributed by atoms with Crippen molar-refractivity contribution in [2.75, 3.05) is 19.6 Å². The largest absolute Gasteiger partial charge is 0.333 e. The van der Waals surface area contributed by atoms with Crippen LogP contribution in [0.15, 0.2) is 23.1 Å². The molecule has 1 aromatic rings. The molecule has 0 radical (unpaired) electrons. The van der Waals surface area contributed by atoms with Crippen LogP contribution in [0, 0.1) is 0 Å². The number of pyridine rings is 1. The van der Waals surface area contributed by atoms with Crippen LogP contribution < -0.4 is 10.9 Å². The minimum Gasteiger partial charge on any atom is -0.333 e.